The van der Waals surface area contributed by atoms with E-state index in [4.69, 9.17) is 9.72 Å². The van der Waals surface area contributed by atoms with Crippen molar-refractivity contribution in [3.05, 3.63) is 135 Å². The van der Waals surface area contributed by atoms with E-state index in [0.29, 0.717) is 65.2 Å². The average Bonchev–Trinajstić information content (AvgIpc) is 3.14. The SMILES string of the molecule is CCCCCN(C(=O)c1ccccc1)c1ccc2nc(CCCC)n(Cc3ccc(OC(C(=O)O)c4ccccc4)c(CCC)c3)c(=O)c2c1. The highest BCUT2D eigenvalue weighted by atomic mass is 16.5. The molecule has 8 heteroatoms. The molecule has 0 fully saturated rings. The molecule has 0 aliphatic rings. The monoisotopic (exact) mass is 673 g/mol. The van der Waals surface area contributed by atoms with E-state index in [9.17, 15) is 19.5 Å². The third kappa shape index (κ3) is 8.67. The number of carbonyl (C=O) groups is 2. The number of carboxylic acid groups (broad SMARTS) is 1. The van der Waals surface area contributed by atoms with Gasteiger partial charge in [0, 0.05) is 29.8 Å². The van der Waals surface area contributed by atoms with Crippen LogP contribution in [-0.2, 0) is 24.2 Å². The Labute approximate surface area is 294 Å². The smallest absolute Gasteiger partial charge is 0.349 e. The average molecular weight is 674 g/mol. The number of aryl methyl sites for hydroxylation is 2. The van der Waals surface area contributed by atoms with Gasteiger partial charge in [0.1, 0.15) is 11.6 Å². The van der Waals surface area contributed by atoms with Crippen LogP contribution in [-0.4, -0.2) is 33.1 Å². The second-order valence-electron chi connectivity index (χ2n) is 12.7. The third-order valence-electron chi connectivity index (χ3n) is 8.89. The van der Waals surface area contributed by atoms with Crippen molar-refractivity contribution in [2.75, 3.05) is 11.4 Å². The Morgan fingerprint density at radius 2 is 1.54 bits per heavy atom. The lowest BCUT2D eigenvalue weighted by molar-refractivity contribution is -0.145. The number of rotatable bonds is 17. The molecule has 1 N–H and O–H groups in total. The van der Waals surface area contributed by atoms with Crippen molar-refractivity contribution < 1.29 is 19.4 Å². The Morgan fingerprint density at radius 3 is 2.22 bits per heavy atom. The fourth-order valence-corrected chi connectivity index (χ4v) is 6.23. The van der Waals surface area contributed by atoms with Gasteiger partial charge in [0.05, 0.1) is 17.4 Å². The first-order valence-electron chi connectivity index (χ1n) is 17.8. The molecule has 8 nitrogen and oxygen atoms in total. The van der Waals surface area contributed by atoms with Gasteiger partial charge in [-0.05, 0) is 66.8 Å². The van der Waals surface area contributed by atoms with Gasteiger partial charge in [0.25, 0.3) is 11.5 Å². The molecule has 0 saturated heterocycles. The first-order chi connectivity index (χ1) is 24.3. The number of hydrogen-bond donors (Lipinski definition) is 1. The topological polar surface area (TPSA) is 102 Å². The van der Waals surface area contributed by atoms with E-state index in [1.807, 2.05) is 72.8 Å². The summed E-state index contributed by atoms with van der Waals surface area (Å²) in [7, 11) is 0. The van der Waals surface area contributed by atoms with Crippen LogP contribution in [0.1, 0.15) is 98.3 Å². The number of carbonyl (C=O) groups excluding carboxylic acids is 1. The predicted octanol–water partition coefficient (Wildman–Crippen LogP) is 8.78. The number of aliphatic carboxylic acids is 1. The minimum atomic E-state index is -1.14. The first-order valence-corrected chi connectivity index (χ1v) is 17.8. The molecule has 0 aliphatic carbocycles. The van der Waals surface area contributed by atoms with Crippen molar-refractivity contribution in [1.82, 2.24) is 9.55 Å². The van der Waals surface area contributed by atoms with Crippen molar-refractivity contribution in [1.29, 1.82) is 0 Å². The Hall–Kier alpha value is -5.24. The van der Waals surface area contributed by atoms with Crippen LogP contribution in [0.2, 0.25) is 0 Å². The summed E-state index contributed by atoms with van der Waals surface area (Å²) < 4.78 is 7.87. The van der Waals surface area contributed by atoms with Crippen molar-refractivity contribution in [3.8, 4) is 5.75 Å². The highest BCUT2D eigenvalue weighted by molar-refractivity contribution is 6.06. The summed E-state index contributed by atoms with van der Waals surface area (Å²) in [4.78, 5) is 47.1. The summed E-state index contributed by atoms with van der Waals surface area (Å²) in [6.45, 7) is 7.15. The summed E-state index contributed by atoms with van der Waals surface area (Å²) in [5.74, 6) is 0.0606. The number of aromatic nitrogens is 2. The molecule has 0 aliphatic heterocycles. The third-order valence-corrected chi connectivity index (χ3v) is 8.89. The molecule has 5 aromatic rings. The van der Waals surface area contributed by atoms with E-state index in [1.165, 1.54) is 0 Å². The second kappa shape index (κ2) is 17.4. The molecule has 260 valence electrons. The van der Waals surface area contributed by atoms with Crippen LogP contribution in [0.25, 0.3) is 10.9 Å². The molecule has 0 bridgehead atoms. The Bertz CT molecular complexity index is 1960. The minimum Gasteiger partial charge on any atom is -0.478 e. The van der Waals surface area contributed by atoms with Gasteiger partial charge in [0.2, 0.25) is 6.10 Å². The van der Waals surface area contributed by atoms with E-state index in [-0.39, 0.29) is 11.5 Å². The molecule has 1 amide bonds. The van der Waals surface area contributed by atoms with Crippen LogP contribution in [0.4, 0.5) is 5.69 Å². The van der Waals surface area contributed by atoms with Gasteiger partial charge >= 0.3 is 5.97 Å². The van der Waals surface area contributed by atoms with Gasteiger partial charge in [-0.15, -0.1) is 0 Å². The summed E-state index contributed by atoms with van der Waals surface area (Å²) >= 11 is 0. The summed E-state index contributed by atoms with van der Waals surface area (Å²) in [6, 6.07) is 29.4. The Morgan fingerprint density at radius 1 is 0.820 bits per heavy atom. The fraction of sp³-hybridized carbons (Fsp3) is 0.333. The van der Waals surface area contributed by atoms with Crippen LogP contribution in [0.3, 0.4) is 0 Å². The van der Waals surface area contributed by atoms with E-state index < -0.39 is 12.1 Å². The maximum atomic E-state index is 14.4. The van der Waals surface area contributed by atoms with Gasteiger partial charge in [-0.2, -0.15) is 0 Å². The molecule has 5 rings (SSSR count). The Kier molecular flexibility index (Phi) is 12.6. The van der Waals surface area contributed by atoms with Crippen molar-refractivity contribution >= 4 is 28.5 Å². The van der Waals surface area contributed by atoms with E-state index in [0.717, 1.165) is 49.7 Å². The van der Waals surface area contributed by atoms with Crippen LogP contribution >= 0.6 is 0 Å². The van der Waals surface area contributed by atoms with Crippen LogP contribution in [0, 0.1) is 0 Å². The second-order valence-corrected chi connectivity index (χ2v) is 12.7. The summed E-state index contributed by atoms with van der Waals surface area (Å²) in [6.07, 6.45) is 5.75. The number of amides is 1. The lowest BCUT2D eigenvalue weighted by Crippen LogP contribution is -2.32. The van der Waals surface area contributed by atoms with Gasteiger partial charge in [0.15, 0.2) is 0 Å². The summed E-state index contributed by atoms with van der Waals surface area (Å²) in [5, 5.41) is 10.4. The molecule has 0 saturated carbocycles. The van der Waals surface area contributed by atoms with Gasteiger partial charge in [-0.1, -0.05) is 107 Å². The first kappa shape index (κ1) is 36.1. The fourth-order valence-electron chi connectivity index (χ4n) is 6.23. The predicted molar refractivity (Wildman–Crippen MR) is 199 cm³/mol. The minimum absolute atomic E-state index is 0.0999. The molecule has 1 unspecified atom stereocenters. The molecule has 1 atom stereocenters. The van der Waals surface area contributed by atoms with Crippen molar-refractivity contribution in [3.63, 3.8) is 0 Å². The zero-order chi connectivity index (χ0) is 35.5. The lowest BCUT2D eigenvalue weighted by Gasteiger charge is -2.24. The maximum Gasteiger partial charge on any atom is 0.349 e. The molecule has 0 radical (unpaired) electrons. The van der Waals surface area contributed by atoms with Gasteiger partial charge in [-0.25, -0.2) is 9.78 Å². The zero-order valence-corrected chi connectivity index (χ0v) is 29.3. The quantitative estimate of drug-likeness (QED) is 0.0991. The largest absolute Gasteiger partial charge is 0.478 e. The normalized spacial score (nSPS) is 11.7. The number of carboxylic acids is 1. The highest BCUT2D eigenvalue weighted by Gasteiger charge is 2.24. The molecule has 1 aromatic heterocycles. The number of nitrogens with zero attached hydrogens (tertiary/aromatic N) is 3. The number of unbranched alkanes of at least 4 members (excludes halogenated alkanes) is 3. The molecular formula is C42H47N3O5. The molecule has 4 aromatic carbocycles. The molecular weight excluding hydrogens is 626 g/mol. The number of anilines is 1. The van der Waals surface area contributed by atoms with Crippen LogP contribution in [0.15, 0.2) is 102 Å². The lowest BCUT2D eigenvalue weighted by atomic mass is 10.0. The molecule has 1 heterocycles. The number of hydrogen-bond acceptors (Lipinski definition) is 5. The number of benzene rings is 4. The zero-order valence-electron chi connectivity index (χ0n) is 29.3. The van der Waals surface area contributed by atoms with E-state index >= 15 is 0 Å². The molecule has 50 heavy (non-hydrogen) atoms. The number of ether oxygens (including phenoxy) is 1. The van der Waals surface area contributed by atoms with Crippen LogP contribution in [0.5, 0.6) is 5.75 Å². The highest BCUT2D eigenvalue weighted by Crippen LogP contribution is 2.29. The van der Waals surface area contributed by atoms with Crippen LogP contribution < -0.4 is 15.2 Å². The Balaban J connectivity index is 1.53. The maximum absolute atomic E-state index is 14.4. The van der Waals surface area contributed by atoms with E-state index in [1.54, 1.807) is 33.7 Å². The van der Waals surface area contributed by atoms with Gasteiger partial charge < -0.3 is 14.7 Å². The number of fused-ring (bicyclic) bond motifs is 1. The molecule has 0 spiro atoms. The van der Waals surface area contributed by atoms with Crippen molar-refractivity contribution in [2.45, 2.75) is 84.8 Å². The van der Waals surface area contributed by atoms with E-state index in [2.05, 4.69) is 20.8 Å². The summed E-state index contributed by atoms with van der Waals surface area (Å²) in [5.41, 5.74) is 4.07. The standard InChI is InChI=1S/C42H47N3O5/c1-4-7-15-26-44(40(46)32-19-13-10-14-20-32)34-23-24-36-35(28-34)41(47)45(38(43-36)21-8-5-2)29-30-22-25-37(33(27-30)16-6-3)50-39(42(48)49)31-17-11-9-12-18-31/h9-14,17-20,22-25,27-28,39H,4-8,15-16,21,26,29H2,1-3H3,(H,48,49). The van der Waals surface area contributed by atoms with Gasteiger partial charge in [-0.3, -0.25) is 14.2 Å². The van der Waals surface area contributed by atoms with Crippen molar-refractivity contribution in [2.24, 2.45) is 0 Å².